The molecule has 0 saturated carbocycles. The van der Waals surface area contributed by atoms with Crippen LogP contribution >= 0.6 is 0 Å². The molecule has 0 fully saturated rings. The van der Waals surface area contributed by atoms with Crippen molar-refractivity contribution in [3.8, 4) is 0 Å². The lowest BCUT2D eigenvalue weighted by atomic mass is 10.1. The molecule has 0 aliphatic heterocycles. The van der Waals surface area contributed by atoms with Crippen LogP contribution in [0, 0.1) is 5.92 Å². The zero-order valence-corrected chi connectivity index (χ0v) is 13.4. The van der Waals surface area contributed by atoms with E-state index in [1.165, 1.54) is 44.9 Å². The third kappa shape index (κ3) is 15.4. The summed E-state index contributed by atoms with van der Waals surface area (Å²) in [5.41, 5.74) is 0. The molecule has 0 unspecified atom stereocenters. The summed E-state index contributed by atoms with van der Waals surface area (Å²) in [7, 11) is 0. The number of hydrogen-bond acceptors (Lipinski definition) is 2. The van der Waals surface area contributed by atoms with Gasteiger partial charge in [-0.3, -0.25) is 4.79 Å². The fourth-order valence-corrected chi connectivity index (χ4v) is 2.15. The van der Waals surface area contributed by atoms with Crippen molar-refractivity contribution in [2.45, 2.75) is 91.4 Å². The first-order valence-corrected chi connectivity index (χ1v) is 8.32. The summed E-state index contributed by atoms with van der Waals surface area (Å²) in [5.74, 6) is 0.670. The van der Waals surface area contributed by atoms with Crippen LogP contribution in [0.1, 0.15) is 91.4 Å². The monoisotopic (exact) mass is 270 g/mol. The Hall–Kier alpha value is -0.530. The Labute approximate surface area is 120 Å². The Morgan fingerprint density at radius 1 is 0.895 bits per heavy atom. The van der Waals surface area contributed by atoms with Crippen LogP contribution in [-0.2, 0) is 9.53 Å². The van der Waals surface area contributed by atoms with Crippen LogP contribution in [0.4, 0.5) is 0 Å². The molecule has 0 aliphatic carbocycles. The zero-order valence-electron chi connectivity index (χ0n) is 13.4. The van der Waals surface area contributed by atoms with Gasteiger partial charge >= 0.3 is 5.97 Å². The SMILES string of the molecule is CCCCCCCCCCOC(=O)CCCC(C)C. The molecule has 0 rings (SSSR count). The summed E-state index contributed by atoms with van der Waals surface area (Å²) in [6.45, 7) is 7.24. The van der Waals surface area contributed by atoms with E-state index < -0.39 is 0 Å². The van der Waals surface area contributed by atoms with E-state index in [0.717, 1.165) is 19.3 Å². The summed E-state index contributed by atoms with van der Waals surface area (Å²) < 4.78 is 5.23. The number of carbonyl (C=O) groups is 1. The minimum absolute atomic E-state index is 0.0106. The topological polar surface area (TPSA) is 26.3 Å². The van der Waals surface area contributed by atoms with Gasteiger partial charge < -0.3 is 4.74 Å². The van der Waals surface area contributed by atoms with Gasteiger partial charge in [0.2, 0.25) is 0 Å². The molecule has 2 heteroatoms. The van der Waals surface area contributed by atoms with Crippen LogP contribution in [0.5, 0.6) is 0 Å². The molecule has 0 aromatic heterocycles. The van der Waals surface area contributed by atoms with Gasteiger partial charge in [-0.15, -0.1) is 0 Å². The molecule has 0 aromatic rings. The van der Waals surface area contributed by atoms with Crippen LogP contribution in [0.3, 0.4) is 0 Å². The molecule has 0 atom stereocenters. The Morgan fingerprint density at radius 3 is 2.05 bits per heavy atom. The Bertz CT molecular complexity index is 199. The molecule has 2 nitrogen and oxygen atoms in total. The van der Waals surface area contributed by atoms with Crippen molar-refractivity contribution in [2.24, 2.45) is 5.92 Å². The van der Waals surface area contributed by atoms with Crippen LogP contribution < -0.4 is 0 Å². The molecule has 0 aromatic carbocycles. The molecule has 0 N–H and O–H groups in total. The van der Waals surface area contributed by atoms with Crippen molar-refractivity contribution < 1.29 is 9.53 Å². The van der Waals surface area contributed by atoms with Gasteiger partial charge in [0.25, 0.3) is 0 Å². The second kappa shape index (κ2) is 13.9. The minimum Gasteiger partial charge on any atom is -0.466 e. The van der Waals surface area contributed by atoms with Gasteiger partial charge in [-0.05, 0) is 18.8 Å². The van der Waals surface area contributed by atoms with E-state index in [2.05, 4.69) is 20.8 Å². The largest absolute Gasteiger partial charge is 0.466 e. The predicted octanol–water partition coefficient (Wildman–Crippen LogP) is 5.50. The first-order chi connectivity index (χ1) is 9.16. The van der Waals surface area contributed by atoms with Gasteiger partial charge in [0, 0.05) is 6.42 Å². The van der Waals surface area contributed by atoms with Gasteiger partial charge in [0.1, 0.15) is 0 Å². The van der Waals surface area contributed by atoms with Crippen molar-refractivity contribution in [1.82, 2.24) is 0 Å². The number of esters is 1. The normalized spacial score (nSPS) is 10.9. The molecule has 0 aliphatic rings. The number of unbranched alkanes of at least 4 members (excludes halogenated alkanes) is 7. The fourth-order valence-electron chi connectivity index (χ4n) is 2.15. The van der Waals surface area contributed by atoms with Gasteiger partial charge in [-0.1, -0.05) is 72.1 Å². The van der Waals surface area contributed by atoms with Gasteiger partial charge in [0.15, 0.2) is 0 Å². The third-order valence-corrected chi connectivity index (χ3v) is 3.42. The van der Waals surface area contributed by atoms with Gasteiger partial charge in [0.05, 0.1) is 6.61 Å². The molecule has 0 amide bonds. The third-order valence-electron chi connectivity index (χ3n) is 3.42. The van der Waals surface area contributed by atoms with Crippen LogP contribution in [0.15, 0.2) is 0 Å². The van der Waals surface area contributed by atoms with Crippen molar-refractivity contribution in [1.29, 1.82) is 0 Å². The fraction of sp³-hybridized carbons (Fsp3) is 0.941. The summed E-state index contributed by atoms with van der Waals surface area (Å²) in [5, 5.41) is 0. The lowest BCUT2D eigenvalue weighted by molar-refractivity contribution is -0.143. The van der Waals surface area contributed by atoms with Gasteiger partial charge in [-0.25, -0.2) is 0 Å². The van der Waals surface area contributed by atoms with Crippen molar-refractivity contribution in [3.05, 3.63) is 0 Å². The van der Waals surface area contributed by atoms with E-state index in [1.807, 2.05) is 0 Å². The van der Waals surface area contributed by atoms with E-state index in [-0.39, 0.29) is 5.97 Å². The average molecular weight is 270 g/mol. The highest BCUT2D eigenvalue weighted by Gasteiger charge is 2.03. The standard InChI is InChI=1S/C17H34O2/c1-4-5-6-7-8-9-10-11-15-19-17(18)14-12-13-16(2)3/h16H,4-15H2,1-3H3. The highest BCUT2D eigenvalue weighted by atomic mass is 16.5. The van der Waals surface area contributed by atoms with Crippen LogP contribution in [-0.4, -0.2) is 12.6 Å². The lowest BCUT2D eigenvalue weighted by Gasteiger charge is -2.06. The molecule has 0 spiro atoms. The van der Waals surface area contributed by atoms with Crippen molar-refractivity contribution in [2.75, 3.05) is 6.61 Å². The summed E-state index contributed by atoms with van der Waals surface area (Å²) in [6, 6.07) is 0. The lowest BCUT2D eigenvalue weighted by Crippen LogP contribution is -2.06. The Kier molecular flexibility index (Phi) is 13.5. The molecule has 0 bridgehead atoms. The van der Waals surface area contributed by atoms with E-state index >= 15 is 0 Å². The Balaban J connectivity index is 3.14. The minimum atomic E-state index is -0.0106. The molecular formula is C17H34O2. The molecule has 0 radical (unpaired) electrons. The van der Waals surface area contributed by atoms with E-state index in [9.17, 15) is 4.79 Å². The van der Waals surface area contributed by atoms with Crippen LogP contribution in [0.2, 0.25) is 0 Å². The Morgan fingerprint density at radius 2 is 1.47 bits per heavy atom. The molecule has 114 valence electrons. The molecular weight excluding hydrogens is 236 g/mol. The maximum atomic E-state index is 11.4. The molecule has 0 heterocycles. The highest BCUT2D eigenvalue weighted by molar-refractivity contribution is 5.69. The second-order valence-corrected chi connectivity index (χ2v) is 5.98. The van der Waals surface area contributed by atoms with E-state index in [1.54, 1.807) is 0 Å². The second-order valence-electron chi connectivity index (χ2n) is 5.98. The maximum absolute atomic E-state index is 11.4. The summed E-state index contributed by atoms with van der Waals surface area (Å²) >= 11 is 0. The number of ether oxygens (including phenoxy) is 1. The first-order valence-electron chi connectivity index (χ1n) is 8.32. The summed E-state index contributed by atoms with van der Waals surface area (Å²) in [4.78, 5) is 11.4. The summed E-state index contributed by atoms with van der Waals surface area (Å²) in [6.07, 6.45) is 13.0. The highest BCUT2D eigenvalue weighted by Crippen LogP contribution is 2.09. The average Bonchev–Trinajstić information content (AvgIpc) is 2.36. The van der Waals surface area contributed by atoms with Crippen LogP contribution in [0.25, 0.3) is 0 Å². The molecule has 19 heavy (non-hydrogen) atoms. The molecule has 0 saturated heterocycles. The maximum Gasteiger partial charge on any atom is 0.305 e. The van der Waals surface area contributed by atoms with E-state index in [0.29, 0.717) is 18.9 Å². The predicted molar refractivity (Wildman–Crippen MR) is 82.3 cm³/mol. The number of carbonyl (C=O) groups excluding carboxylic acids is 1. The number of rotatable bonds is 13. The van der Waals surface area contributed by atoms with Gasteiger partial charge in [-0.2, -0.15) is 0 Å². The number of hydrogen-bond donors (Lipinski definition) is 0. The van der Waals surface area contributed by atoms with Crippen molar-refractivity contribution >= 4 is 5.97 Å². The zero-order chi connectivity index (χ0) is 14.3. The van der Waals surface area contributed by atoms with Crippen molar-refractivity contribution in [3.63, 3.8) is 0 Å². The first kappa shape index (κ1) is 18.5. The quantitative estimate of drug-likeness (QED) is 0.326. The van der Waals surface area contributed by atoms with E-state index in [4.69, 9.17) is 4.74 Å². The smallest absolute Gasteiger partial charge is 0.305 e.